The van der Waals surface area contributed by atoms with Crippen molar-refractivity contribution in [2.24, 2.45) is 11.8 Å². The van der Waals surface area contributed by atoms with Gasteiger partial charge in [-0.15, -0.1) is 0 Å². The number of nitrogens with one attached hydrogen (secondary N) is 1. The van der Waals surface area contributed by atoms with E-state index >= 15 is 0 Å². The van der Waals surface area contributed by atoms with E-state index in [1.807, 2.05) is 29.2 Å². The fraction of sp³-hybridized carbons (Fsp3) is 0.652. The zero-order valence-electron chi connectivity index (χ0n) is 17.7. The molecule has 5 heteroatoms. The Morgan fingerprint density at radius 1 is 1.00 bits per heavy atom. The van der Waals surface area contributed by atoms with Gasteiger partial charge in [-0.1, -0.05) is 26.0 Å². The van der Waals surface area contributed by atoms with Crippen LogP contribution in [0.1, 0.15) is 57.9 Å². The van der Waals surface area contributed by atoms with Crippen molar-refractivity contribution >= 4 is 11.8 Å². The van der Waals surface area contributed by atoms with E-state index in [1.54, 1.807) is 7.11 Å². The van der Waals surface area contributed by atoms with Crippen LogP contribution in [0.3, 0.4) is 0 Å². The van der Waals surface area contributed by atoms with E-state index in [4.69, 9.17) is 4.74 Å². The molecule has 2 amide bonds. The highest BCUT2D eigenvalue weighted by molar-refractivity contribution is 5.81. The molecular weight excluding hydrogens is 352 g/mol. The van der Waals surface area contributed by atoms with Gasteiger partial charge in [-0.3, -0.25) is 9.59 Å². The van der Waals surface area contributed by atoms with Gasteiger partial charge in [0, 0.05) is 31.5 Å². The minimum atomic E-state index is 0.0470. The Bertz CT molecular complexity index is 601. The lowest BCUT2D eigenvalue weighted by Crippen LogP contribution is -2.40. The molecule has 5 nitrogen and oxygen atoms in total. The van der Waals surface area contributed by atoms with E-state index in [-0.39, 0.29) is 17.7 Å². The minimum absolute atomic E-state index is 0.0470. The molecule has 1 aliphatic carbocycles. The van der Waals surface area contributed by atoms with Crippen LogP contribution < -0.4 is 10.1 Å². The fourth-order valence-corrected chi connectivity index (χ4v) is 4.00. The van der Waals surface area contributed by atoms with Crippen molar-refractivity contribution in [1.29, 1.82) is 0 Å². The van der Waals surface area contributed by atoms with Gasteiger partial charge in [0.15, 0.2) is 0 Å². The molecule has 1 N–H and O–H groups in total. The third-order valence-electron chi connectivity index (χ3n) is 5.62. The van der Waals surface area contributed by atoms with Gasteiger partial charge < -0.3 is 15.0 Å². The second-order valence-corrected chi connectivity index (χ2v) is 7.76. The number of carbonyl (C=O) groups excluding carboxylic acids is 2. The van der Waals surface area contributed by atoms with Crippen molar-refractivity contribution < 1.29 is 14.3 Å². The Balaban J connectivity index is 1.72. The molecule has 0 heterocycles. The highest BCUT2D eigenvalue weighted by atomic mass is 16.5. The highest BCUT2D eigenvalue weighted by Gasteiger charge is 2.31. The number of hydrogen-bond acceptors (Lipinski definition) is 3. The van der Waals surface area contributed by atoms with Crippen LogP contribution in [0.2, 0.25) is 0 Å². The van der Waals surface area contributed by atoms with Crippen LogP contribution >= 0.6 is 0 Å². The summed E-state index contributed by atoms with van der Waals surface area (Å²) in [6, 6.07) is 7.94. The third kappa shape index (κ3) is 6.54. The smallest absolute Gasteiger partial charge is 0.225 e. The van der Waals surface area contributed by atoms with Gasteiger partial charge in [0.2, 0.25) is 11.8 Å². The van der Waals surface area contributed by atoms with Crippen LogP contribution in [0, 0.1) is 11.8 Å². The number of nitrogens with zero attached hydrogens (tertiary/aromatic N) is 1. The third-order valence-corrected chi connectivity index (χ3v) is 5.62. The normalized spacial score (nSPS) is 19.1. The second kappa shape index (κ2) is 11.7. The summed E-state index contributed by atoms with van der Waals surface area (Å²) in [5, 5.41) is 3.07. The van der Waals surface area contributed by atoms with E-state index < -0.39 is 0 Å². The topological polar surface area (TPSA) is 58.6 Å². The van der Waals surface area contributed by atoms with Crippen molar-refractivity contribution in [1.82, 2.24) is 10.2 Å². The summed E-state index contributed by atoms with van der Waals surface area (Å²) in [5.74, 6) is 1.42. The molecule has 0 spiro atoms. The maximum Gasteiger partial charge on any atom is 0.225 e. The van der Waals surface area contributed by atoms with Gasteiger partial charge in [0.1, 0.15) is 5.75 Å². The van der Waals surface area contributed by atoms with E-state index in [0.717, 1.165) is 63.8 Å². The quantitative estimate of drug-likeness (QED) is 0.663. The average Bonchev–Trinajstić information content (AvgIpc) is 2.73. The predicted octanol–water partition coefficient (Wildman–Crippen LogP) is 3.81. The Hall–Kier alpha value is -2.04. The number of methoxy groups -OCH3 is 1. The number of rotatable bonds is 10. The lowest BCUT2D eigenvalue weighted by atomic mass is 9.81. The number of hydrogen-bond donors (Lipinski definition) is 1. The summed E-state index contributed by atoms with van der Waals surface area (Å²) in [7, 11) is 1.66. The summed E-state index contributed by atoms with van der Waals surface area (Å²) in [5.41, 5.74) is 1.18. The van der Waals surface area contributed by atoms with E-state index in [1.165, 1.54) is 5.56 Å². The van der Waals surface area contributed by atoms with E-state index in [9.17, 15) is 9.59 Å². The molecule has 1 fully saturated rings. The van der Waals surface area contributed by atoms with Crippen LogP contribution in [0.4, 0.5) is 0 Å². The number of benzene rings is 1. The summed E-state index contributed by atoms with van der Waals surface area (Å²) in [6.45, 7) is 6.56. The first-order valence-corrected chi connectivity index (χ1v) is 10.8. The van der Waals surface area contributed by atoms with Crippen LogP contribution in [-0.4, -0.2) is 43.5 Å². The van der Waals surface area contributed by atoms with Gasteiger partial charge in [-0.2, -0.15) is 0 Å². The van der Waals surface area contributed by atoms with Crippen LogP contribution in [-0.2, 0) is 16.0 Å². The molecule has 2 rings (SSSR count). The molecule has 0 bridgehead atoms. The Kier molecular flexibility index (Phi) is 9.32. The molecule has 0 unspecified atom stereocenters. The Morgan fingerprint density at radius 2 is 1.57 bits per heavy atom. The van der Waals surface area contributed by atoms with Crippen LogP contribution in [0.15, 0.2) is 24.3 Å². The zero-order valence-corrected chi connectivity index (χ0v) is 17.7. The SMILES string of the molecule is CCCN(CCC)C(=O)C1CCC(C(=O)NCCc2ccc(OC)cc2)CC1. The maximum absolute atomic E-state index is 12.7. The lowest BCUT2D eigenvalue weighted by molar-refractivity contribution is -0.138. The molecule has 0 atom stereocenters. The van der Waals surface area contributed by atoms with Gasteiger partial charge in [0.05, 0.1) is 7.11 Å². The van der Waals surface area contributed by atoms with Crippen LogP contribution in [0.25, 0.3) is 0 Å². The van der Waals surface area contributed by atoms with Crippen molar-refractivity contribution in [3.63, 3.8) is 0 Å². The molecule has 0 aromatic heterocycles. The minimum Gasteiger partial charge on any atom is -0.497 e. The van der Waals surface area contributed by atoms with Crippen molar-refractivity contribution in [3.05, 3.63) is 29.8 Å². The highest BCUT2D eigenvalue weighted by Crippen LogP contribution is 2.30. The monoisotopic (exact) mass is 388 g/mol. The summed E-state index contributed by atoms with van der Waals surface area (Å²) in [4.78, 5) is 27.2. The molecular formula is C23H36N2O3. The number of ether oxygens (including phenoxy) is 1. The van der Waals surface area contributed by atoms with Crippen LogP contribution in [0.5, 0.6) is 5.75 Å². The second-order valence-electron chi connectivity index (χ2n) is 7.76. The molecule has 28 heavy (non-hydrogen) atoms. The Labute approximate surface area is 169 Å². The van der Waals surface area contributed by atoms with Gasteiger partial charge in [-0.05, 0) is 62.6 Å². The van der Waals surface area contributed by atoms with Gasteiger partial charge in [0.25, 0.3) is 0 Å². The zero-order chi connectivity index (χ0) is 20.4. The number of carbonyl (C=O) groups is 2. The van der Waals surface area contributed by atoms with Crippen molar-refractivity contribution in [3.8, 4) is 5.75 Å². The summed E-state index contributed by atoms with van der Waals surface area (Å²) >= 11 is 0. The molecule has 0 aliphatic heterocycles. The van der Waals surface area contributed by atoms with Crippen molar-refractivity contribution in [2.75, 3.05) is 26.7 Å². The fourth-order valence-electron chi connectivity index (χ4n) is 4.00. The molecule has 156 valence electrons. The largest absolute Gasteiger partial charge is 0.497 e. The molecule has 1 saturated carbocycles. The molecule has 1 aromatic rings. The molecule has 0 radical (unpaired) electrons. The van der Waals surface area contributed by atoms with E-state index in [2.05, 4.69) is 19.2 Å². The predicted molar refractivity (Wildman–Crippen MR) is 112 cm³/mol. The number of amides is 2. The first kappa shape index (κ1) is 22.3. The lowest BCUT2D eigenvalue weighted by Gasteiger charge is -2.31. The standard InChI is InChI=1S/C23H36N2O3/c1-4-16-25(17-5-2)23(27)20-10-8-19(9-11-20)22(26)24-15-14-18-6-12-21(28-3)13-7-18/h6-7,12-13,19-20H,4-5,8-11,14-17H2,1-3H3,(H,24,26). The summed E-state index contributed by atoms with van der Waals surface area (Å²) < 4.78 is 5.16. The first-order chi connectivity index (χ1) is 13.6. The van der Waals surface area contributed by atoms with E-state index in [0.29, 0.717) is 12.5 Å². The Morgan fingerprint density at radius 3 is 2.11 bits per heavy atom. The summed E-state index contributed by atoms with van der Waals surface area (Å²) in [6.07, 6.45) is 6.11. The van der Waals surface area contributed by atoms with Gasteiger partial charge in [-0.25, -0.2) is 0 Å². The molecule has 1 aromatic carbocycles. The average molecular weight is 389 g/mol. The van der Waals surface area contributed by atoms with Crippen molar-refractivity contribution in [2.45, 2.75) is 58.8 Å². The first-order valence-electron chi connectivity index (χ1n) is 10.8. The van der Waals surface area contributed by atoms with Gasteiger partial charge >= 0.3 is 0 Å². The maximum atomic E-state index is 12.7. The molecule has 1 aliphatic rings. The molecule has 0 saturated heterocycles.